The van der Waals surface area contributed by atoms with Gasteiger partial charge in [-0.15, -0.1) is 0 Å². The van der Waals surface area contributed by atoms with Gasteiger partial charge in [0.05, 0.1) is 25.3 Å². The summed E-state index contributed by atoms with van der Waals surface area (Å²) < 4.78 is 5.67. The van der Waals surface area contributed by atoms with Crippen LogP contribution in [0.1, 0.15) is 59.3 Å². The van der Waals surface area contributed by atoms with Gasteiger partial charge in [-0.3, -0.25) is 4.79 Å². The second-order valence-electron chi connectivity index (χ2n) is 7.80. The van der Waals surface area contributed by atoms with E-state index >= 15 is 0 Å². The minimum atomic E-state index is 0.101. The van der Waals surface area contributed by atoms with Crippen molar-refractivity contribution in [3.05, 3.63) is 46.7 Å². The average Bonchev–Trinajstić information content (AvgIpc) is 2.93. The van der Waals surface area contributed by atoms with Crippen LogP contribution in [0.15, 0.2) is 18.3 Å². The Morgan fingerprint density at radius 3 is 2.93 bits per heavy atom. The highest BCUT2D eigenvalue weighted by atomic mass is 16.5. The first-order valence-electron chi connectivity index (χ1n) is 10.3. The highest BCUT2D eigenvalue weighted by Crippen LogP contribution is 2.28. The molecule has 2 aliphatic heterocycles. The largest absolute Gasteiger partial charge is 0.381 e. The molecule has 0 aromatic carbocycles. The molecule has 1 saturated heterocycles. The van der Waals surface area contributed by atoms with Gasteiger partial charge in [-0.05, 0) is 57.2 Å². The van der Waals surface area contributed by atoms with Gasteiger partial charge in [0.25, 0.3) is 0 Å². The fourth-order valence-corrected chi connectivity index (χ4v) is 4.24. The summed E-state index contributed by atoms with van der Waals surface area (Å²) >= 11 is 0. The zero-order chi connectivity index (χ0) is 19.5. The van der Waals surface area contributed by atoms with Crippen molar-refractivity contribution in [2.75, 3.05) is 24.7 Å². The lowest BCUT2D eigenvalue weighted by molar-refractivity contribution is 0.0990. The summed E-state index contributed by atoms with van der Waals surface area (Å²) in [6.45, 7) is 6.40. The Labute approximate surface area is 166 Å². The van der Waals surface area contributed by atoms with E-state index in [-0.39, 0.29) is 12.2 Å². The standard InChI is InChI=1S/C22H28N4O2/c1-15-5-3-4-10-26(15)22-14-19(18-7-11-28-12-8-20(18)25-22)21(27)13-17-6-9-23-16(2)24-17/h6,9,14-15H,3-5,7-8,10-13H2,1-2H3/t15-/m0/s1. The Kier molecular flexibility index (Phi) is 5.67. The third kappa shape index (κ3) is 4.07. The molecule has 1 fully saturated rings. The first-order valence-corrected chi connectivity index (χ1v) is 10.3. The van der Waals surface area contributed by atoms with E-state index < -0.39 is 0 Å². The van der Waals surface area contributed by atoms with Gasteiger partial charge in [-0.2, -0.15) is 0 Å². The van der Waals surface area contributed by atoms with E-state index in [0.717, 1.165) is 47.7 Å². The molecule has 2 aromatic rings. The maximum Gasteiger partial charge on any atom is 0.169 e. The minimum Gasteiger partial charge on any atom is -0.381 e. The molecule has 6 nitrogen and oxygen atoms in total. The molecule has 1 atom stereocenters. The molecule has 0 amide bonds. The number of nitrogens with zero attached hydrogens (tertiary/aromatic N) is 4. The number of hydrogen-bond acceptors (Lipinski definition) is 6. The number of piperidine rings is 1. The van der Waals surface area contributed by atoms with Crippen molar-refractivity contribution >= 4 is 11.6 Å². The Bertz CT molecular complexity index is 868. The number of pyridine rings is 1. The van der Waals surface area contributed by atoms with Gasteiger partial charge in [0, 0.05) is 36.5 Å². The fraction of sp³-hybridized carbons (Fsp3) is 0.545. The Morgan fingerprint density at radius 2 is 2.11 bits per heavy atom. The number of aromatic nitrogens is 3. The van der Waals surface area contributed by atoms with Crippen LogP contribution in [0.3, 0.4) is 0 Å². The van der Waals surface area contributed by atoms with Crippen LogP contribution in [0.2, 0.25) is 0 Å². The van der Waals surface area contributed by atoms with Crippen molar-refractivity contribution in [3.63, 3.8) is 0 Å². The quantitative estimate of drug-likeness (QED) is 0.759. The van der Waals surface area contributed by atoms with E-state index in [4.69, 9.17) is 9.72 Å². The van der Waals surface area contributed by atoms with Crippen molar-refractivity contribution < 1.29 is 9.53 Å². The third-order valence-corrected chi connectivity index (χ3v) is 5.75. The second kappa shape index (κ2) is 8.35. The van der Waals surface area contributed by atoms with Crippen LogP contribution < -0.4 is 4.90 Å². The molecule has 0 N–H and O–H groups in total. The van der Waals surface area contributed by atoms with Gasteiger partial charge in [0.15, 0.2) is 5.78 Å². The number of ketones is 1. The molecule has 6 heteroatoms. The summed E-state index contributed by atoms with van der Waals surface area (Å²) in [5.74, 6) is 1.73. The summed E-state index contributed by atoms with van der Waals surface area (Å²) in [6.07, 6.45) is 7.11. The van der Waals surface area contributed by atoms with Gasteiger partial charge >= 0.3 is 0 Å². The van der Waals surface area contributed by atoms with Gasteiger partial charge in [0.2, 0.25) is 0 Å². The predicted octanol–water partition coefficient (Wildman–Crippen LogP) is 3.10. The summed E-state index contributed by atoms with van der Waals surface area (Å²) in [6, 6.07) is 4.29. The molecule has 0 bridgehead atoms. The average molecular weight is 380 g/mol. The van der Waals surface area contributed by atoms with Crippen LogP contribution in [0.5, 0.6) is 0 Å². The van der Waals surface area contributed by atoms with Crippen molar-refractivity contribution in [2.24, 2.45) is 0 Å². The Balaban J connectivity index is 1.71. The fourth-order valence-electron chi connectivity index (χ4n) is 4.24. The maximum atomic E-state index is 13.3. The van der Waals surface area contributed by atoms with Crippen molar-refractivity contribution in [2.45, 2.75) is 58.4 Å². The topological polar surface area (TPSA) is 68.2 Å². The van der Waals surface area contributed by atoms with Gasteiger partial charge < -0.3 is 9.64 Å². The van der Waals surface area contributed by atoms with E-state index in [1.165, 1.54) is 19.3 Å². The highest BCUT2D eigenvalue weighted by molar-refractivity contribution is 5.99. The lowest BCUT2D eigenvalue weighted by atomic mass is 9.95. The van der Waals surface area contributed by atoms with Gasteiger partial charge in [0.1, 0.15) is 11.6 Å². The molecule has 0 saturated carbocycles. The van der Waals surface area contributed by atoms with E-state index in [0.29, 0.717) is 25.1 Å². The summed E-state index contributed by atoms with van der Waals surface area (Å²) in [5.41, 5.74) is 3.64. The summed E-state index contributed by atoms with van der Waals surface area (Å²) in [5, 5.41) is 0. The number of hydrogen-bond donors (Lipinski definition) is 0. The number of aryl methyl sites for hydroxylation is 1. The highest BCUT2D eigenvalue weighted by Gasteiger charge is 2.25. The van der Waals surface area contributed by atoms with Gasteiger partial charge in [-0.25, -0.2) is 15.0 Å². The lowest BCUT2D eigenvalue weighted by Crippen LogP contribution is -2.38. The molecule has 0 radical (unpaired) electrons. The Hall–Kier alpha value is -2.34. The zero-order valence-electron chi connectivity index (χ0n) is 16.8. The molecule has 4 rings (SSSR count). The molecule has 0 spiro atoms. The monoisotopic (exact) mass is 380 g/mol. The van der Waals surface area contributed by atoms with Gasteiger partial charge in [-0.1, -0.05) is 0 Å². The first-order chi connectivity index (χ1) is 13.6. The van der Waals surface area contributed by atoms with Crippen LogP contribution >= 0.6 is 0 Å². The first kappa shape index (κ1) is 19.0. The molecule has 28 heavy (non-hydrogen) atoms. The van der Waals surface area contributed by atoms with Crippen LogP contribution in [-0.2, 0) is 24.0 Å². The van der Waals surface area contributed by atoms with Crippen LogP contribution in [0.4, 0.5) is 5.82 Å². The van der Waals surface area contributed by atoms with E-state index in [2.05, 4.69) is 21.8 Å². The normalized spacial score (nSPS) is 19.8. The molecule has 2 aromatic heterocycles. The number of ether oxygens (including phenoxy) is 1. The van der Waals surface area contributed by atoms with Crippen LogP contribution in [0.25, 0.3) is 0 Å². The van der Waals surface area contributed by atoms with Crippen molar-refractivity contribution in [3.8, 4) is 0 Å². The number of Topliss-reactive ketones (excluding diaryl/α,β-unsaturated/α-hetero) is 1. The smallest absolute Gasteiger partial charge is 0.169 e. The lowest BCUT2D eigenvalue weighted by Gasteiger charge is -2.35. The van der Waals surface area contributed by atoms with Crippen LogP contribution in [0, 0.1) is 6.92 Å². The summed E-state index contributed by atoms with van der Waals surface area (Å²) in [4.78, 5) is 29.2. The predicted molar refractivity (Wildman–Crippen MR) is 108 cm³/mol. The van der Waals surface area contributed by atoms with E-state index in [1.807, 2.05) is 19.1 Å². The number of carbonyl (C=O) groups excluding carboxylic acids is 1. The molecular weight excluding hydrogens is 352 g/mol. The molecule has 0 unspecified atom stereocenters. The number of rotatable bonds is 4. The molecule has 0 aliphatic carbocycles. The van der Waals surface area contributed by atoms with E-state index in [1.54, 1.807) is 6.20 Å². The van der Waals surface area contributed by atoms with Crippen LogP contribution in [-0.4, -0.2) is 46.5 Å². The molecular formula is C22H28N4O2. The molecule has 148 valence electrons. The summed E-state index contributed by atoms with van der Waals surface area (Å²) in [7, 11) is 0. The van der Waals surface area contributed by atoms with Crippen molar-refractivity contribution in [1.82, 2.24) is 15.0 Å². The molecule has 2 aliphatic rings. The number of anilines is 1. The second-order valence-corrected chi connectivity index (χ2v) is 7.80. The molecule has 4 heterocycles. The van der Waals surface area contributed by atoms with Crippen molar-refractivity contribution in [1.29, 1.82) is 0 Å². The Morgan fingerprint density at radius 1 is 1.25 bits per heavy atom. The minimum absolute atomic E-state index is 0.101. The van der Waals surface area contributed by atoms with E-state index in [9.17, 15) is 4.79 Å². The zero-order valence-corrected chi connectivity index (χ0v) is 16.8. The maximum absolute atomic E-state index is 13.3. The third-order valence-electron chi connectivity index (χ3n) is 5.75. The number of carbonyl (C=O) groups is 1. The SMILES string of the molecule is Cc1nccc(CC(=O)c2cc(N3CCCC[C@@H]3C)nc3c2CCOCC3)n1. The number of fused-ring (bicyclic) bond motifs is 1.